The van der Waals surface area contributed by atoms with Crippen molar-refractivity contribution in [1.82, 2.24) is 0 Å². The van der Waals surface area contributed by atoms with Crippen LogP contribution in [-0.4, -0.2) is 0 Å². The molecular formula is C15H13F3. The van der Waals surface area contributed by atoms with Crippen LogP contribution in [0, 0.1) is 17.5 Å². The average molecular weight is 250 g/mol. The van der Waals surface area contributed by atoms with Crippen LogP contribution in [0.2, 0.25) is 0 Å². The summed E-state index contributed by atoms with van der Waals surface area (Å²) in [6.45, 7) is 1.79. The minimum Gasteiger partial charge on any atom is -0.207 e. The topological polar surface area (TPSA) is 0 Å². The molecule has 2 aromatic carbocycles. The molecule has 18 heavy (non-hydrogen) atoms. The average Bonchev–Trinajstić information content (AvgIpc) is 2.40. The second kappa shape index (κ2) is 5.25. The van der Waals surface area contributed by atoms with Gasteiger partial charge < -0.3 is 0 Å². The first-order valence-corrected chi connectivity index (χ1v) is 5.87. The van der Waals surface area contributed by atoms with E-state index in [2.05, 4.69) is 0 Å². The highest BCUT2D eigenvalue weighted by Crippen LogP contribution is 2.28. The zero-order valence-corrected chi connectivity index (χ0v) is 10.0. The predicted molar refractivity (Wildman–Crippen MR) is 65.7 cm³/mol. The summed E-state index contributed by atoms with van der Waals surface area (Å²) in [6, 6.07) is 9.47. The van der Waals surface area contributed by atoms with E-state index in [1.807, 2.05) is 0 Å². The molecule has 0 heterocycles. The van der Waals surface area contributed by atoms with Gasteiger partial charge in [-0.15, -0.1) is 0 Å². The van der Waals surface area contributed by atoms with Crippen LogP contribution in [-0.2, 0) is 6.42 Å². The first-order valence-electron chi connectivity index (χ1n) is 5.87. The lowest BCUT2D eigenvalue weighted by molar-refractivity contribution is 0.481. The molecule has 0 radical (unpaired) electrons. The van der Waals surface area contributed by atoms with Gasteiger partial charge >= 0.3 is 0 Å². The first kappa shape index (κ1) is 12.7. The van der Waals surface area contributed by atoms with E-state index in [9.17, 15) is 13.2 Å². The Morgan fingerprint density at radius 2 is 1.61 bits per heavy atom. The monoisotopic (exact) mass is 250 g/mol. The largest absolute Gasteiger partial charge is 0.207 e. The number of hydrogen-bond donors (Lipinski definition) is 0. The van der Waals surface area contributed by atoms with E-state index in [0.29, 0.717) is 12.0 Å². The molecule has 0 amide bonds. The highest BCUT2D eigenvalue weighted by Gasteiger charge is 2.18. The van der Waals surface area contributed by atoms with E-state index < -0.39 is 17.5 Å². The molecule has 0 fully saturated rings. The zero-order valence-electron chi connectivity index (χ0n) is 10.0. The summed E-state index contributed by atoms with van der Waals surface area (Å²) in [6.07, 6.45) is 0.765. The van der Waals surface area contributed by atoms with Gasteiger partial charge in [0, 0.05) is 11.1 Å². The van der Waals surface area contributed by atoms with Gasteiger partial charge in [0.1, 0.15) is 5.82 Å². The van der Waals surface area contributed by atoms with Crippen LogP contribution in [0.4, 0.5) is 13.2 Å². The van der Waals surface area contributed by atoms with Gasteiger partial charge in [0.05, 0.1) is 0 Å². The van der Waals surface area contributed by atoms with Gasteiger partial charge in [-0.05, 0) is 18.1 Å². The molecule has 0 unspecified atom stereocenters. The predicted octanol–water partition coefficient (Wildman–Crippen LogP) is 4.72. The molecule has 0 aliphatic heterocycles. The van der Waals surface area contributed by atoms with Crippen LogP contribution in [0.25, 0.3) is 11.1 Å². The Hall–Kier alpha value is -1.77. The molecule has 0 aliphatic carbocycles. The van der Waals surface area contributed by atoms with E-state index in [-0.39, 0.29) is 17.5 Å². The van der Waals surface area contributed by atoms with Crippen LogP contribution < -0.4 is 0 Å². The molecule has 0 aromatic heterocycles. The molecule has 0 atom stereocenters. The van der Waals surface area contributed by atoms with Gasteiger partial charge in [0.2, 0.25) is 0 Å². The molecular weight excluding hydrogens is 237 g/mol. The first-order chi connectivity index (χ1) is 8.65. The standard InChI is InChI=1S/C15H13F3/c1-2-6-11-13(16)9-12(15(18)14(11)17)10-7-4-3-5-8-10/h3-5,7-9H,2,6H2,1H3. The summed E-state index contributed by atoms with van der Waals surface area (Å²) in [5.41, 5.74) is 0.260. The van der Waals surface area contributed by atoms with Crippen molar-refractivity contribution < 1.29 is 13.2 Å². The SMILES string of the molecule is CCCc1c(F)cc(-c2ccccc2)c(F)c1F. The molecule has 0 bridgehead atoms. The van der Waals surface area contributed by atoms with Crippen LogP contribution >= 0.6 is 0 Å². The van der Waals surface area contributed by atoms with Crippen LogP contribution in [0.3, 0.4) is 0 Å². The van der Waals surface area contributed by atoms with E-state index in [4.69, 9.17) is 0 Å². The highest BCUT2D eigenvalue weighted by atomic mass is 19.2. The summed E-state index contributed by atoms with van der Waals surface area (Å²) < 4.78 is 41.4. The van der Waals surface area contributed by atoms with E-state index in [1.54, 1.807) is 37.3 Å². The van der Waals surface area contributed by atoms with Crippen molar-refractivity contribution in [1.29, 1.82) is 0 Å². The minimum atomic E-state index is -1.07. The Morgan fingerprint density at radius 3 is 2.22 bits per heavy atom. The van der Waals surface area contributed by atoms with E-state index >= 15 is 0 Å². The smallest absolute Gasteiger partial charge is 0.167 e. The summed E-state index contributed by atoms with van der Waals surface area (Å²) >= 11 is 0. The molecule has 0 saturated heterocycles. The number of halogens is 3. The van der Waals surface area contributed by atoms with Crippen molar-refractivity contribution >= 4 is 0 Å². The van der Waals surface area contributed by atoms with E-state index in [1.165, 1.54) is 0 Å². The normalized spacial score (nSPS) is 10.7. The molecule has 3 heteroatoms. The Balaban J connectivity index is 2.58. The third-order valence-corrected chi connectivity index (χ3v) is 2.84. The lowest BCUT2D eigenvalue weighted by Crippen LogP contribution is -2.01. The van der Waals surface area contributed by atoms with Crippen molar-refractivity contribution in [2.45, 2.75) is 19.8 Å². The van der Waals surface area contributed by atoms with Gasteiger partial charge in [0.15, 0.2) is 11.6 Å². The lowest BCUT2D eigenvalue weighted by Gasteiger charge is -2.09. The van der Waals surface area contributed by atoms with Gasteiger partial charge in [-0.25, -0.2) is 13.2 Å². The highest BCUT2D eigenvalue weighted by molar-refractivity contribution is 5.64. The maximum Gasteiger partial charge on any atom is 0.167 e. The van der Waals surface area contributed by atoms with Gasteiger partial charge in [-0.1, -0.05) is 43.7 Å². The Morgan fingerprint density at radius 1 is 0.944 bits per heavy atom. The second-order valence-corrected chi connectivity index (χ2v) is 4.13. The van der Waals surface area contributed by atoms with Crippen LogP contribution in [0.15, 0.2) is 36.4 Å². The molecule has 0 spiro atoms. The number of rotatable bonds is 3. The zero-order chi connectivity index (χ0) is 13.1. The fourth-order valence-corrected chi connectivity index (χ4v) is 1.94. The molecule has 0 N–H and O–H groups in total. The molecule has 2 aromatic rings. The number of hydrogen-bond acceptors (Lipinski definition) is 0. The van der Waals surface area contributed by atoms with Crippen molar-refractivity contribution in [3.63, 3.8) is 0 Å². The fourth-order valence-electron chi connectivity index (χ4n) is 1.94. The Kier molecular flexibility index (Phi) is 3.70. The number of benzene rings is 2. The van der Waals surface area contributed by atoms with Gasteiger partial charge in [0.25, 0.3) is 0 Å². The van der Waals surface area contributed by atoms with Crippen molar-refractivity contribution in [3.05, 3.63) is 59.4 Å². The van der Waals surface area contributed by atoms with Gasteiger partial charge in [-0.3, -0.25) is 0 Å². The van der Waals surface area contributed by atoms with Crippen molar-refractivity contribution in [2.75, 3.05) is 0 Å². The Bertz CT molecular complexity index is 547. The maximum absolute atomic E-state index is 13.9. The van der Waals surface area contributed by atoms with Gasteiger partial charge in [-0.2, -0.15) is 0 Å². The summed E-state index contributed by atoms with van der Waals surface area (Å²) in [4.78, 5) is 0. The third-order valence-electron chi connectivity index (χ3n) is 2.84. The van der Waals surface area contributed by atoms with E-state index in [0.717, 1.165) is 6.07 Å². The molecule has 94 valence electrons. The van der Waals surface area contributed by atoms with Crippen molar-refractivity contribution in [3.8, 4) is 11.1 Å². The summed E-state index contributed by atoms with van der Waals surface area (Å²) in [5, 5.41) is 0. The quantitative estimate of drug-likeness (QED) is 0.691. The molecule has 2 rings (SSSR count). The maximum atomic E-state index is 13.9. The van der Waals surface area contributed by atoms with Crippen molar-refractivity contribution in [2.24, 2.45) is 0 Å². The molecule has 0 saturated carbocycles. The summed E-state index contributed by atoms with van der Waals surface area (Å²) in [5.74, 6) is -2.74. The fraction of sp³-hybridized carbons (Fsp3) is 0.200. The third kappa shape index (κ3) is 2.26. The molecule has 0 aliphatic rings. The second-order valence-electron chi connectivity index (χ2n) is 4.13. The van der Waals surface area contributed by atoms with Crippen LogP contribution in [0.5, 0.6) is 0 Å². The minimum absolute atomic E-state index is 0.0366. The summed E-state index contributed by atoms with van der Waals surface area (Å²) in [7, 11) is 0. The molecule has 0 nitrogen and oxygen atoms in total. The Labute approximate surface area is 104 Å². The lowest BCUT2D eigenvalue weighted by atomic mass is 10.00. The van der Waals surface area contributed by atoms with Crippen LogP contribution in [0.1, 0.15) is 18.9 Å².